The van der Waals surface area contributed by atoms with Crippen molar-refractivity contribution in [3.8, 4) is 5.75 Å². The molecular formula is C10H7ClF3NO2. The SMILES string of the molecule is COc1c(Cl)cc(CN=C=O)cc1C(F)(F)F. The summed E-state index contributed by atoms with van der Waals surface area (Å²) in [7, 11) is 1.10. The van der Waals surface area contributed by atoms with Crippen molar-refractivity contribution in [2.24, 2.45) is 4.99 Å². The average molecular weight is 266 g/mol. The Hall–Kier alpha value is -1.52. The van der Waals surface area contributed by atoms with Crippen LogP contribution in [0.3, 0.4) is 0 Å². The van der Waals surface area contributed by atoms with Crippen LogP contribution in [0.5, 0.6) is 5.75 Å². The Morgan fingerprint density at radius 3 is 2.59 bits per heavy atom. The number of ether oxygens (including phenoxy) is 1. The molecule has 0 saturated carbocycles. The van der Waals surface area contributed by atoms with Gasteiger partial charge in [-0.05, 0) is 17.7 Å². The number of alkyl halides is 3. The number of rotatable bonds is 3. The Labute approximate surface area is 99.9 Å². The van der Waals surface area contributed by atoms with Crippen molar-refractivity contribution in [3.05, 3.63) is 28.3 Å². The minimum absolute atomic E-state index is 0.159. The summed E-state index contributed by atoms with van der Waals surface area (Å²) < 4.78 is 42.6. The fourth-order valence-electron chi connectivity index (χ4n) is 1.28. The average Bonchev–Trinajstić information content (AvgIpc) is 2.24. The number of carbonyl (C=O) groups excluding carboxylic acids is 1. The first-order chi connectivity index (χ1) is 7.90. The van der Waals surface area contributed by atoms with Gasteiger partial charge in [0.05, 0.1) is 24.2 Å². The zero-order chi connectivity index (χ0) is 13.1. The molecule has 1 rings (SSSR count). The van der Waals surface area contributed by atoms with E-state index >= 15 is 0 Å². The molecule has 17 heavy (non-hydrogen) atoms. The Morgan fingerprint density at radius 1 is 1.47 bits per heavy atom. The van der Waals surface area contributed by atoms with Gasteiger partial charge in [-0.15, -0.1) is 0 Å². The third-order valence-electron chi connectivity index (χ3n) is 1.94. The number of hydrogen-bond donors (Lipinski definition) is 0. The Kier molecular flexibility index (Phi) is 4.15. The molecule has 0 aliphatic heterocycles. The molecule has 0 bridgehead atoms. The molecule has 0 spiro atoms. The molecule has 0 fully saturated rings. The number of nitrogens with zero attached hydrogens (tertiary/aromatic N) is 1. The van der Waals surface area contributed by atoms with Gasteiger partial charge in [-0.25, -0.2) is 9.79 Å². The quantitative estimate of drug-likeness (QED) is 0.622. The van der Waals surface area contributed by atoms with E-state index in [-0.39, 0.29) is 17.1 Å². The molecule has 0 aromatic heterocycles. The van der Waals surface area contributed by atoms with E-state index in [4.69, 9.17) is 11.6 Å². The monoisotopic (exact) mass is 265 g/mol. The highest BCUT2D eigenvalue weighted by atomic mass is 35.5. The first-order valence-electron chi connectivity index (χ1n) is 4.37. The number of isocyanates is 1. The first-order valence-corrected chi connectivity index (χ1v) is 4.75. The van der Waals surface area contributed by atoms with Gasteiger partial charge < -0.3 is 4.74 Å². The lowest BCUT2D eigenvalue weighted by Gasteiger charge is -2.14. The highest BCUT2D eigenvalue weighted by Gasteiger charge is 2.35. The van der Waals surface area contributed by atoms with Crippen LogP contribution in [0.2, 0.25) is 5.02 Å². The maximum atomic E-state index is 12.7. The van der Waals surface area contributed by atoms with E-state index in [1.807, 2.05) is 0 Å². The summed E-state index contributed by atoms with van der Waals surface area (Å²) in [6.07, 6.45) is -3.35. The van der Waals surface area contributed by atoms with Crippen molar-refractivity contribution in [1.29, 1.82) is 0 Å². The van der Waals surface area contributed by atoms with E-state index in [1.54, 1.807) is 0 Å². The Morgan fingerprint density at radius 2 is 2.12 bits per heavy atom. The van der Waals surface area contributed by atoms with Crippen LogP contribution in [0.4, 0.5) is 13.2 Å². The second-order valence-electron chi connectivity index (χ2n) is 3.06. The molecule has 92 valence electrons. The second kappa shape index (κ2) is 5.21. The molecule has 0 aliphatic carbocycles. The normalized spacial score (nSPS) is 10.9. The van der Waals surface area contributed by atoms with E-state index in [1.165, 1.54) is 12.1 Å². The highest BCUT2D eigenvalue weighted by molar-refractivity contribution is 6.32. The number of hydrogen-bond acceptors (Lipinski definition) is 3. The molecule has 1 aromatic rings. The fraction of sp³-hybridized carbons (Fsp3) is 0.300. The lowest BCUT2D eigenvalue weighted by Crippen LogP contribution is -2.08. The molecule has 0 aliphatic rings. The van der Waals surface area contributed by atoms with Crippen LogP contribution in [0.15, 0.2) is 17.1 Å². The third kappa shape index (κ3) is 3.22. The van der Waals surface area contributed by atoms with Crippen molar-refractivity contribution >= 4 is 17.7 Å². The molecule has 0 amide bonds. The predicted octanol–water partition coefficient (Wildman–Crippen LogP) is 3.20. The first kappa shape index (κ1) is 13.5. The van der Waals surface area contributed by atoms with Gasteiger partial charge in [-0.2, -0.15) is 13.2 Å². The topological polar surface area (TPSA) is 38.7 Å². The van der Waals surface area contributed by atoms with Crippen LogP contribution in [-0.4, -0.2) is 13.2 Å². The summed E-state index contributed by atoms with van der Waals surface area (Å²) in [6, 6.07) is 2.10. The van der Waals surface area contributed by atoms with E-state index in [0.29, 0.717) is 0 Å². The van der Waals surface area contributed by atoms with Crippen LogP contribution in [0.25, 0.3) is 0 Å². The number of benzene rings is 1. The van der Waals surface area contributed by atoms with E-state index in [9.17, 15) is 18.0 Å². The molecule has 0 atom stereocenters. The summed E-state index contributed by atoms with van der Waals surface area (Å²) in [4.78, 5) is 13.1. The highest BCUT2D eigenvalue weighted by Crippen LogP contribution is 2.41. The Bertz CT molecular complexity index is 467. The zero-order valence-corrected chi connectivity index (χ0v) is 9.39. The number of aliphatic imine (C=N–C) groups is 1. The third-order valence-corrected chi connectivity index (χ3v) is 2.22. The lowest BCUT2D eigenvalue weighted by molar-refractivity contribution is -0.138. The van der Waals surface area contributed by atoms with Gasteiger partial charge in [0.2, 0.25) is 6.08 Å². The molecule has 7 heteroatoms. The largest absolute Gasteiger partial charge is 0.495 e. The van der Waals surface area contributed by atoms with Gasteiger partial charge in [0.25, 0.3) is 0 Å². The van der Waals surface area contributed by atoms with Crippen LogP contribution in [-0.2, 0) is 17.5 Å². The molecule has 0 heterocycles. The molecule has 3 nitrogen and oxygen atoms in total. The van der Waals surface area contributed by atoms with Crippen LogP contribution < -0.4 is 4.74 Å². The van der Waals surface area contributed by atoms with Crippen molar-refractivity contribution in [2.75, 3.05) is 7.11 Å². The molecular weight excluding hydrogens is 259 g/mol. The molecule has 0 radical (unpaired) electrons. The van der Waals surface area contributed by atoms with Crippen molar-refractivity contribution in [1.82, 2.24) is 0 Å². The fourth-order valence-corrected chi connectivity index (χ4v) is 1.60. The van der Waals surface area contributed by atoms with Crippen LogP contribution in [0, 0.1) is 0 Å². The summed E-state index contributed by atoms with van der Waals surface area (Å²) in [5.41, 5.74) is -0.838. The van der Waals surface area contributed by atoms with Gasteiger partial charge in [-0.1, -0.05) is 11.6 Å². The minimum atomic E-state index is -4.59. The smallest absolute Gasteiger partial charge is 0.420 e. The van der Waals surface area contributed by atoms with Gasteiger partial charge in [0.1, 0.15) is 5.75 Å². The summed E-state index contributed by atoms with van der Waals surface area (Å²) >= 11 is 5.65. The summed E-state index contributed by atoms with van der Waals surface area (Å²) in [6.45, 7) is -0.212. The minimum Gasteiger partial charge on any atom is -0.495 e. The van der Waals surface area contributed by atoms with Gasteiger partial charge >= 0.3 is 6.18 Å². The number of methoxy groups -OCH3 is 1. The van der Waals surface area contributed by atoms with Gasteiger partial charge in [-0.3, -0.25) is 0 Å². The van der Waals surface area contributed by atoms with Crippen molar-refractivity contribution in [2.45, 2.75) is 12.7 Å². The predicted molar refractivity (Wildman–Crippen MR) is 54.8 cm³/mol. The van der Waals surface area contributed by atoms with Gasteiger partial charge in [0, 0.05) is 0 Å². The van der Waals surface area contributed by atoms with E-state index in [2.05, 4.69) is 9.73 Å². The van der Waals surface area contributed by atoms with E-state index < -0.39 is 17.5 Å². The molecule has 0 saturated heterocycles. The molecule has 0 N–H and O–H groups in total. The van der Waals surface area contributed by atoms with Crippen molar-refractivity contribution < 1.29 is 22.7 Å². The molecule has 0 unspecified atom stereocenters. The second-order valence-corrected chi connectivity index (χ2v) is 3.47. The zero-order valence-electron chi connectivity index (χ0n) is 8.64. The lowest BCUT2D eigenvalue weighted by atomic mass is 10.1. The van der Waals surface area contributed by atoms with Crippen LogP contribution in [0.1, 0.15) is 11.1 Å². The Balaban J connectivity index is 3.33. The summed E-state index contributed by atoms with van der Waals surface area (Å²) in [5, 5.41) is -0.182. The standard InChI is InChI=1S/C10H7ClF3NO2/c1-17-9-7(10(12,13)14)2-6(3-8(9)11)4-15-5-16/h2-3H,4H2,1H3. The summed E-state index contributed by atoms with van der Waals surface area (Å²) in [5.74, 6) is -0.446. The maximum absolute atomic E-state index is 12.7. The van der Waals surface area contributed by atoms with Crippen LogP contribution >= 0.6 is 11.6 Å². The van der Waals surface area contributed by atoms with Gasteiger partial charge in [0.15, 0.2) is 0 Å². The van der Waals surface area contributed by atoms with Crippen molar-refractivity contribution in [3.63, 3.8) is 0 Å². The van der Waals surface area contributed by atoms with E-state index in [0.717, 1.165) is 13.2 Å². The maximum Gasteiger partial charge on any atom is 0.420 e. The number of halogens is 4. The molecule has 1 aromatic carbocycles.